The molecule has 11 rings (SSSR count). The zero-order chi connectivity index (χ0) is 61.4. The van der Waals surface area contributed by atoms with Crippen molar-refractivity contribution in [2.45, 2.75) is 0 Å². The van der Waals surface area contributed by atoms with Gasteiger partial charge in [-0.15, -0.1) is 0 Å². The van der Waals surface area contributed by atoms with E-state index in [0.717, 1.165) is 4.90 Å². The van der Waals surface area contributed by atoms with Gasteiger partial charge in [0.1, 0.15) is 11.2 Å². The van der Waals surface area contributed by atoms with Gasteiger partial charge in [0.2, 0.25) is 0 Å². The van der Waals surface area contributed by atoms with Crippen LogP contribution in [0.1, 0.15) is 38.4 Å². The van der Waals surface area contributed by atoms with Crippen molar-refractivity contribution in [1.29, 1.82) is 0 Å². The lowest BCUT2D eigenvalue weighted by molar-refractivity contribution is 0.669. The summed E-state index contributed by atoms with van der Waals surface area (Å²) >= 11 is 0. The smallest absolute Gasteiger partial charge is 0.137 e. The van der Waals surface area contributed by atoms with Gasteiger partial charge in [0.15, 0.2) is 0 Å². The number of rotatable bonds is 6. The van der Waals surface area contributed by atoms with E-state index in [1.165, 1.54) is 18.2 Å². The number of nitrogens with zero attached hydrogens (tertiary/aromatic N) is 1. The molecule has 2 heteroatoms. The zero-order valence-electron chi connectivity index (χ0n) is 56.4. The van der Waals surface area contributed by atoms with E-state index >= 15 is 0 Å². The number of hydrogen-bond acceptors (Lipinski definition) is 2. The summed E-state index contributed by atoms with van der Waals surface area (Å²) in [6, 6.07) is -14.6. The molecule has 0 N–H and O–H groups in total. The van der Waals surface area contributed by atoms with Crippen molar-refractivity contribution in [3.63, 3.8) is 0 Å². The Morgan fingerprint density at radius 1 is 0.357 bits per heavy atom. The highest BCUT2D eigenvalue weighted by atomic mass is 16.3. The first-order chi connectivity index (χ1) is 39.4. The van der Waals surface area contributed by atoms with Gasteiger partial charge in [0.25, 0.3) is 0 Å². The fourth-order valence-electron chi connectivity index (χ4n) is 6.57. The quantitative estimate of drug-likeness (QED) is 0.158. The maximum absolute atomic E-state index is 9.79. The van der Waals surface area contributed by atoms with Crippen LogP contribution in [0.15, 0.2) is 216 Å². The van der Waals surface area contributed by atoms with Crippen molar-refractivity contribution in [2.24, 2.45) is 0 Å². The number of benzene rings is 10. The standard InChI is InChI=1S/C54H35NO/c1-3-13-44-38(10-1)12-7-16-45(44)40-24-22-36(23-25-40)37-26-31-42(32-27-37)55(51-19-9-21-53-54(51)50-15-5-6-20-52(50)56-53)43-33-28-41(29-34-43)47-17-8-18-48-46-14-4-2-11-39(46)30-35-49(47)48/h1-35H/i1D,2D,3D,4D,7D,8D,10D,11D,12D,13D,14D,16D,17D,18D,22D,23D,24D,25D,26D,27D,28D,29D,30D,31D,32D,33D,34D,35D. The first-order valence-electron chi connectivity index (χ1n) is 30.9. The lowest BCUT2D eigenvalue weighted by Crippen LogP contribution is -2.10. The third-order valence-corrected chi connectivity index (χ3v) is 9.10. The van der Waals surface area contributed by atoms with E-state index in [1.54, 1.807) is 24.3 Å². The van der Waals surface area contributed by atoms with Gasteiger partial charge < -0.3 is 9.32 Å². The Kier molecular flexibility index (Phi) is 3.45. The highest BCUT2D eigenvalue weighted by Crippen LogP contribution is 2.44. The molecule has 262 valence electrons. The molecule has 2 nitrogen and oxygen atoms in total. The van der Waals surface area contributed by atoms with Gasteiger partial charge in [0, 0.05) is 16.8 Å². The summed E-state index contributed by atoms with van der Waals surface area (Å²) in [5.41, 5.74) is -5.83. The molecule has 0 bridgehead atoms. The van der Waals surface area contributed by atoms with Crippen molar-refractivity contribution in [3.05, 3.63) is 212 Å². The van der Waals surface area contributed by atoms with Crippen molar-refractivity contribution < 1.29 is 42.8 Å². The fourth-order valence-corrected chi connectivity index (χ4v) is 6.57. The van der Waals surface area contributed by atoms with E-state index in [1.807, 2.05) is 0 Å². The van der Waals surface area contributed by atoms with E-state index in [-0.39, 0.29) is 22.2 Å². The van der Waals surface area contributed by atoms with Gasteiger partial charge in [0.05, 0.1) is 49.5 Å². The Hall–Kier alpha value is -7.42. The Bertz CT molecular complexity index is 4800. The van der Waals surface area contributed by atoms with Crippen LogP contribution in [0.2, 0.25) is 0 Å². The predicted molar refractivity (Wildman–Crippen MR) is 237 cm³/mol. The van der Waals surface area contributed by atoms with E-state index in [9.17, 15) is 19.2 Å². The molecule has 0 saturated carbocycles. The van der Waals surface area contributed by atoms with Crippen LogP contribution in [-0.2, 0) is 0 Å². The van der Waals surface area contributed by atoms with E-state index in [4.69, 9.17) is 23.6 Å². The first kappa shape index (κ1) is 14.7. The average molecular weight is 742 g/mol. The molecular weight excluding hydrogens is 679 g/mol. The number of hydrogen-bond donors (Lipinski definition) is 0. The van der Waals surface area contributed by atoms with Gasteiger partial charge >= 0.3 is 0 Å². The minimum Gasteiger partial charge on any atom is -0.456 e. The molecule has 0 aliphatic heterocycles. The first-order valence-corrected chi connectivity index (χ1v) is 16.9. The fraction of sp³-hybridized carbons (Fsp3) is 0. The highest BCUT2D eigenvalue weighted by Gasteiger charge is 2.20. The average Bonchev–Trinajstić information content (AvgIpc) is 0.835. The van der Waals surface area contributed by atoms with Crippen LogP contribution in [0.4, 0.5) is 17.1 Å². The third-order valence-electron chi connectivity index (χ3n) is 9.10. The third kappa shape index (κ3) is 5.34. The maximum Gasteiger partial charge on any atom is 0.137 e. The van der Waals surface area contributed by atoms with Crippen LogP contribution in [0, 0.1) is 0 Å². The van der Waals surface area contributed by atoms with Crippen molar-refractivity contribution >= 4 is 71.3 Å². The Labute approximate surface area is 364 Å². The summed E-state index contributed by atoms with van der Waals surface area (Å²) in [5, 5.41) is -2.67. The summed E-state index contributed by atoms with van der Waals surface area (Å²) in [7, 11) is 0. The van der Waals surface area contributed by atoms with Gasteiger partial charge in [-0.3, -0.25) is 0 Å². The van der Waals surface area contributed by atoms with Crippen LogP contribution in [0.5, 0.6) is 0 Å². The van der Waals surface area contributed by atoms with E-state index < -0.39 is 246 Å². The molecule has 0 radical (unpaired) electrons. The molecule has 0 saturated heterocycles. The van der Waals surface area contributed by atoms with Crippen LogP contribution in [0.25, 0.3) is 87.6 Å². The number of para-hydroxylation sites is 1. The number of anilines is 3. The molecule has 10 aromatic carbocycles. The van der Waals surface area contributed by atoms with Gasteiger partial charge in [-0.25, -0.2) is 0 Å². The van der Waals surface area contributed by atoms with Crippen molar-refractivity contribution in [2.75, 3.05) is 4.90 Å². The summed E-state index contributed by atoms with van der Waals surface area (Å²) in [4.78, 5) is 0.888. The summed E-state index contributed by atoms with van der Waals surface area (Å²) in [6.45, 7) is 0. The zero-order valence-corrected chi connectivity index (χ0v) is 28.4. The molecule has 0 aliphatic carbocycles. The Morgan fingerprint density at radius 2 is 0.893 bits per heavy atom. The molecule has 0 amide bonds. The van der Waals surface area contributed by atoms with Crippen LogP contribution in [-0.4, -0.2) is 0 Å². The molecule has 1 heterocycles. The summed E-state index contributed by atoms with van der Waals surface area (Å²) in [6.07, 6.45) is 0. The topological polar surface area (TPSA) is 16.4 Å². The molecule has 1 aromatic heterocycles. The second-order valence-electron chi connectivity index (χ2n) is 12.3. The van der Waals surface area contributed by atoms with E-state index in [2.05, 4.69) is 0 Å². The molecule has 56 heavy (non-hydrogen) atoms. The monoisotopic (exact) mass is 741 g/mol. The number of furan rings is 1. The minimum absolute atomic E-state index is 0.136. The maximum atomic E-state index is 9.79. The van der Waals surface area contributed by atoms with Gasteiger partial charge in [-0.1, -0.05) is 169 Å². The normalized spacial score (nSPS) is 18.6. The number of fused-ring (bicyclic) bond motifs is 7. The van der Waals surface area contributed by atoms with E-state index in [0.29, 0.717) is 5.39 Å². The Morgan fingerprint density at radius 3 is 1.64 bits per heavy atom. The van der Waals surface area contributed by atoms with Crippen LogP contribution < -0.4 is 4.90 Å². The van der Waals surface area contributed by atoms with Crippen LogP contribution >= 0.6 is 0 Å². The van der Waals surface area contributed by atoms with Crippen molar-refractivity contribution in [3.8, 4) is 33.4 Å². The summed E-state index contributed by atoms with van der Waals surface area (Å²) < 4.78 is 260. The predicted octanol–water partition coefficient (Wildman–Crippen LogP) is 15.5. The Balaban J connectivity index is 1.22. The second-order valence-corrected chi connectivity index (χ2v) is 12.3. The molecule has 0 unspecified atom stereocenters. The largest absolute Gasteiger partial charge is 0.456 e. The highest BCUT2D eigenvalue weighted by molar-refractivity contribution is 6.14. The molecule has 0 atom stereocenters. The van der Waals surface area contributed by atoms with Crippen molar-refractivity contribution in [1.82, 2.24) is 0 Å². The van der Waals surface area contributed by atoms with Gasteiger partial charge in [-0.05, 0) is 108 Å². The molecule has 0 aliphatic rings. The van der Waals surface area contributed by atoms with Crippen LogP contribution in [0.3, 0.4) is 0 Å². The lowest BCUT2D eigenvalue weighted by Gasteiger charge is -2.26. The molecule has 11 aromatic rings. The summed E-state index contributed by atoms with van der Waals surface area (Å²) in [5.74, 6) is 0. The molecule has 0 fully saturated rings. The lowest BCUT2D eigenvalue weighted by atomic mass is 9.94. The SMILES string of the molecule is [2H]c1c([2H])c(-c2c([2H])c([2H])c([2H])c3c([2H])c([2H])c([2H])c([2H])c23)c([2H])c([2H])c1-c1c([2H])c([2H])c(N(c2c([2H])c([2H])c(-c3c([2H])c([2H])c([2H])c4c3c([2H])c([2H])c3c([2H])c([2H])c([2H])c([2H])c34)c([2H])c2[2H])c2cccc3oc4ccccc4c23)c([2H])c1[2H]. The minimum atomic E-state index is -1.04. The second kappa shape index (κ2) is 13.2. The molecule has 0 spiro atoms. The molecular formula is C54H35NO. The van der Waals surface area contributed by atoms with Gasteiger partial charge in [-0.2, -0.15) is 0 Å².